The predicted octanol–water partition coefficient (Wildman–Crippen LogP) is 3.62. The molecule has 0 bridgehead atoms. The summed E-state index contributed by atoms with van der Waals surface area (Å²) in [5.74, 6) is 1.31. The van der Waals surface area contributed by atoms with Crippen molar-refractivity contribution >= 4 is 17.3 Å². The molecule has 0 spiro atoms. The lowest BCUT2D eigenvalue weighted by atomic mass is 10.1. The van der Waals surface area contributed by atoms with Crippen molar-refractivity contribution in [3.63, 3.8) is 0 Å². The summed E-state index contributed by atoms with van der Waals surface area (Å²) in [7, 11) is 0. The molecule has 1 aliphatic rings. The fraction of sp³-hybridized carbons (Fsp3) is 0.174. The molecule has 0 amide bonds. The highest BCUT2D eigenvalue weighted by Gasteiger charge is 2.23. The van der Waals surface area contributed by atoms with E-state index in [-0.39, 0.29) is 5.56 Å². The van der Waals surface area contributed by atoms with Crippen LogP contribution in [0.5, 0.6) is 0 Å². The van der Waals surface area contributed by atoms with E-state index in [1.807, 2.05) is 42.5 Å². The zero-order valence-corrected chi connectivity index (χ0v) is 17.5. The maximum Gasteiger partial charge on any atom is 0.255 e. The number of H-pyrrole nitrogens is 2. The standard InChI is InChI=1S/C23H21ClN6O/c24-20-19(27-21(28-20)14-4-2-1-3-5-14)13-30-11-10-18-17(12-30)23(31)29-22(26-18)15-6-8-16(25)9-7-15/h1-9H,10-13,25H2,(H,27,28)(H,26,29,31). The van der Waals surface area contributed by atoms with Crippen LogP contribution in [0.4, 0.5) is 5.69 Å². The first-order valence-electron chi connectivity index (χ1n) is 10.1. The van der Waals surface area contributed by atoms with Crippen LogP contribution in [0.15, 0.2) is 59.4 Å². The predicted molar refractivity (Wildman–Crippen MR) is 122 cm³/mol. The van der Waals surface area contributed by atoms with E-state index in [0.29, 0.717) is 41.7 Å². The number of hydrogen-bond donors (Lipinski definition) is 3. The fourth-order valence-corrected chi connectivity index (χ4v) is 4.03. The molecule has 0 fully saturated rings. The van der Waals surface area contributed by atoms with E-state index in [0.717, 1.165) is 34.9 Å². The summed E-state index contributed by atoms with van der Waals surface area (Å²) in [6, 6.07) is 17.2. The van der Waals surface area contributed by atoms with Crippen LogP contribution in [0.25, 0.3) is 22.8 Å². The number of benzene rings is 2. The minimum Gasteiger partial charge on any atom is -0.399 e. The van der Waals surface area contributed by atoms with Gasteiger partial charge in [-0.1, -0.05) is 41.9 Å². The molecule has 4 N–H and O–H groups in total. The van der Waals surface area contributed by atoms with Crippen LogP contribution in [-0.4, -0.2) is 31.4 Å². The van der Waals surface area contributed by atoms with Gasteiger partial charge in [0, 0.05) is 42.9 Å². The Labute approximate surface area is 183 Å². The third-order valence-electron chi connectivity index (χ3n) is 5.49. The van der Waals surface area contributed by atoms with Crippen molar-refractivity contribution in [3.8, 4) is 22.8 Å². The number of halogens is 1. The molecular formula is C23H21ClN6O. The van der Waals surface area contributed by atoms with Crippen molar-refractivity contribution in [2.75, 3.05) is 12.3 Å². The van der Waals surface area contributed by atoms with Crippen molar-refractivity contribution < 1.29 is 0 Å². The third-order valence-corrected chi connectivity index (χ3v) is 5.80. The normalized spacial score (nSPS) is 13.8. The number of nitrogens with one attached hydrogen (secondary N) is 2. The van der Waals surface area contributed by atoms with Crippen molar-refractivity contribution in [2.24, 2.45) is 0 Å². The van der Waals surface area contributed by atoms with Crippen LogP contribution in [0, 0.1) is 0 Å². The monoisotopic (exact) mass is 432 g/mol. The van der Waals surface area contributed by atoms with E-state index < -0.39 is 0 Å². The number of nitrogens with zero attached hydrogens (tertiary/aromatic N) is 3. The summed E-state index contributed by atoms with van der Waals surface area (Å²) in [5, 5.41) is 0.454. The Hall–Kier alpha value is -3.42. The maximum atomic E-state index is 12.8. The van der Waals surface area contributed by atoms with Crippen LogP contribution in [-0.2, 0) is 19.5 Å². The molecule has 2 aromatic carbocycles. The lowest BCUT2D eigenvalue weighted by Crippen LogP contribution is -2.35. The molecule has 0 aliphatic carbocycles. The van der Waals surface area contributed by atoms with Gasteiger partial charge in [-0.25, -0.2) is 9.97 Å². The van der Waals surface area contributed by atoms with Crippen molar-refractivity contribution in [3.05, 3.63) is 87.1 Å². The number of imidazole rings is 1. The number of aromatic amines is 2. The van der Waals surface area contributed by atoms with Gasteiger partial charge in [-0.2, -0.15) is 0 Å². The third kappa shape index (κ3) is 3.97. The van der Waals surface area contributed by atoms with Crippen molar-refractivity contribution in [1.82, 2.24) is 24.8 Å². The van der Waals surface area contributed by atoms with E-state index in [4.69, 9.17) is 22.3 Å². The van der Waals surface area contributed by atoms with Crippen LogP contribution < -0.4 is 11.3 Å². The number of nitrogen functional groups attached to an aromatic ring is 1. The summed E-state index contributed by atoms with van der Waals surface area (Å²) in [5.41, 5.74) is 10.5. The van der Waals surface area contributed by atoms with Gasteiger partial charge < -0.3 is 15.7 Å². The van der Waals surface area contributed by atoms with E-state index in [1.54, 1.807) is 12.1 Å². The highest BCUT2D eigenvalue weighted by molar-refractivity contribution is 6.30. The molecular weight excluding hydrogens is 412 g/mol. The Balaban J connectivity index is 1.36. The van der Waals surface area contributed by atoms with E-state index in [1.165, 1.54) is 0 Å². The van der Waals surface area contributed by atoms with Crippen LogP contribution in [0.2, 0.25) is 5.15 Å². The van der Waals surface area contributed by atoms with Gasteiger partial charge in [0.15, 0.2) is 5.15 Å². The van der Waals surface area contributed by atoms with Gasteiger partial charge in [-0.15, -0.1) is 0 Å². The molecule has 3 heterocycles. The second-order valence-electron chi connectivity index (χ2n) is 7.64. The summed E-state index contributed by atoms with van der Waals surface area (Å²) < 4.78 is 0. The Kier molecular flexibility index (Phi) is 5.05. The highest BCUT2D eigenvalue weighted by Crippen LogP contribution is 2.25. The first-order chi connectivity index (χ1) is 15.1. The summed E-state index contributed by atoms with van der Waals surface area (Å²) in [6.45, 7) is 1.87. The van der Waals surface area contributed by atoms with Gasteiger partial charge in [-0.3, -0.25) is 9.69 Å². The summed E-state index contributed by atoms with van der Waals surface area (Å²) in [6.07, 6.45) is 0.693. The number of anilines is 1. The Morgan fingerprint density at radius 3 is 2.45 bits per heavy atom. The second-order valence-corrected chi connectivity index (χ2v) is 8.00. The molecule has 2 aromatic heterocycles. The summed E-state index contributed by atoms with van der Waals surface area (Å²) >= 11 is 6.39. The first kappa shape index (κ1) is 19.5. The molecule has 156 valence electrons. The van der Waals surface area contributed by atoms with Gasteiger partial charge in [0.1, 0.15) is 11.6 Å². The van der Waals surface area contributed by atoms with Crippen molar-refractivity contribution in [1.29, 1.82) is 0 Å². The van der Waals surface area contributed by atoms with Gasteiger partial charge in [-0.05, 0) is 24.3 Å². The number of rotatable bonds is 4. The lowest BCUT2D eigenvalue weighted by molar-refractivity contribution is 0.239. The molecule has 31 heavy (non-hydrogen) atoms. The van der Waals surface area contributed by atoms with Gasteiger partial charge in [0.2, 0.25) is 0 Å². The van der Waals surface area contributed by atoms with Crippen LogP contribution in [0.1, 0.15) is 17.0 Å². The fourth-order valence-electron chi connectivity index (χ4n) is 3.84. The summed E-state index contributed by atoms with van der Waals surface area (Å²) in [4.78, 5) is 30.4. The molecule has 0 unspecified atom stereocenters. The van der Waals surface area contributed by atoms with E-state index >= 15 is 0 Å². The average molecular weight is 433 g/mol. The molecule has 7 nitrogen and oxygen atoms in total. The molecule has 4 aromatic rings. The minimum absolute atomic E-state index is 0.109. The zero-order chi connectivity index (χ0) is 21.4. The topological polar surface area (TPSA) is 104 Å². The van der Waals surface area contributed by atoms with E-state index in [9.17, 15) is 4.79 Å². The second kappa shape index (κ2) is 8.02. The van der Waals surface area contributed by atoms with Gasteiger partial charge >= 0.3 is 0 Å². The average Bonchev–Trinajstić information content (AvgIpc) is 3.15. The van der Waals surface area contributed by atoms with Crippen molar-refractivity contribution in [2.45, 2.75) is 19.5 Å². The molecule has 0 saturated heterocycles. The maximum absolute atomic E-state index is 12.8. The first-order valence-corrected chi connectivity index (χ1v) is 10.4. The smallest absolute Gasteiger partial charge is 0.255 e. The molecule has 5 rings (SSSR count). The molecule has 1 aliphatic heterocycles. The van der Waals surface area contributed by atoms with Gasteiger partial charge in [0.25, 0.3) is 5.56 Å². The van der Waals surface area contributed by atoms with Crippen LogP contribution in [0.3, 0.4) is 0 Å². The zero-order valence-electron chi connectivity index (χ0n) is 16.7. The van der Waals surface area contributed by atoms with Crippen LogP contribution >= 0.6 is 11.6 Å². The quantitative estimate of drug-likeness (QED) is 0.427. The Morgan fingerprint density at radius 2 is 1.68 bits per heavy atom. The number of aromatic nitrogens is 4. The molecule has 0 saturated carbocycles. The lowest BCUT2D eigenvalue weighted by Gasteiger charge is -2.27. The Morgan fingerprint density at radius 1 is 0.968 bits per heavy atom. The van der Waals surface area contributed by atoms with E-state index in [2.05, 4.69) is 19.9 Å². The number of hydrogen-bond acceptors (Lipinski definition) is 5. The Bertz CT molecular complexity index is 1280. The number of nitrogens with two attached hydrogens (primary N) is 1. The molecule has 0 radical (unpaired) electrons. The van der Waals surface area contributed by atoms with Gasteiger partial charge in [0.05, 0.1) is 17.0 Å². The minimum atomic E-state index is -0.109. The molecule has 0 atom stereocenters. The largest absolute Gasteiger partial charge is 0.399 e. The number of fused-ring (bicyclic) bond motifs is 1. The highest BCUT2D eigenvalue weighted by atomic mass is 35.5. The molecule has 8 heteroatoms. The SMILES string of the molecule is Nc1ccc(-c2nc3c(c(=O)[nH]2)CN(Cc2[nH]c(-c4ccccc4)nc2Cl)CC3)cc1.